The topological polar surface area (TPSA) is 74.7 Å². The number of rotatable bonds is 7. The Morgan fingerprint density at radius 1 is 0.778 bits per heavy atom. The lowest BCUT2D eigenvalue weighted by Crippen LogP contribution is -2.02. The van der Waals surface area contributed by atoms with Crippen molar-refractivity contribution in [1.29, 1.82) is 0 Å². The van der Waals surface area contributed by atoms with Crippen molar-refractivity contribution in [3.8, 4) is 34.3 Å². The summed E-state index contributed by atoms with van der Waals surface area (Å²) in [6, 6.07) is 13.4. The smallest absolute Gasteiger partial charge is 0.227 e. The summed E-state index contributed by atoms with van der Waals surface area (Å²) in [5, 5.41) is 3.17. The molecule has 0 saturated heterocycles. The Hall–Kier alpha value is -3.48. The van der Waals surface area contributed by atoms with E-state index in [1.165, 1.54) is 0 Å². The highest BCUT2D eigenvalue weighted by Gasteiger charge is 2.15. The molecule has 1 aromatic heterocycles. The molecule has 140 valence electrons. The molecule has 0 saturated carbocycles. The van der Waals surface area contributed by atoms with Crippen LogP contribution < -0.4 is 24.3 Å². The lowest BCUT2D eigenvalue weighted by molar-refractivity contribution is 0.324. The molecule has 0 aliphatic carbocycles. The van der Waals surface area contributed by atoms with Gasteiger partial charge in [0.15, 0.2) is 17.2 Å². The molecule has 0 amide bonds. The Labute approximate surface area is 157 Å². The second-order valence-electron chi connectivity index (χ2n) is 5.52. The number of methoxy groups -OCH3 is 4. The molecule has 0 fully saturated rings. The van der Waals surface area contributed by atoms with Crippen LogP contribution in [0.1, 0.15) is 0 Å². The van der Waals surface area contributed by atoms with Gasteiger partial charge in [-0.15, -0.1) is 0 Å². The van der Waals surface area contributed by atoms with Crippen LogP contribution in [0.3, 0.4) is 0 Å². The second-order valence-corrected chi connectivity index (χ2v) is 5.52. The van der Waals surface area contributed by atoms with Crippen molar-refractivity contribution in [2.45, 2.75) is 0 Å². The van der Waals surface area contributed by atoms with E-state index in [0.717, 1.165) is 5.56 Å². The predicted molar refractivity (Wildman–Crippen MR) is 103 cm³/mol. The van der Waals surface area contributed by atoms with Crippen molar-refractivity contribution in [1.82, 2.24) is 9.97 Å². The molecule has 3 rings (SSSR count). The van der Waals surface area contributed by atoms with Crippen molar-refractivity contribution in [2.75, 3.05) is 33.8 Å². The number of hydrogen-bond donors (Lipinski definition) is 1. The minimum Gasteiger partial charge on any atom is -0.493 e. The van der Waals surface area contributed by atoms with E-state index in [0.29, 0.717) is 40.3 Å². The summed E-state index contributed by atoms with van der Waals surface area (Å²) in [6.45, 7) is 0. The van der Waals surface area contributed by atoms with Crippen LogP contribution in [-0.4, -0.2) is 38.4 Å². The molecule has 3 aromatic rings. The lowest BCUT2D eigenvalue weighted by atomic mass is 10.1. The molecule has 1 N–H and O–H groups in total. The second kappa shape index (κ2) is 8.27. The number of aromatic nitrogens is 2. The zero-order chi connectivity index (χ0) is 19.2. The molecule has 0 bridgehead atoms. The van der Waals surface area contributed by atoms with Gasteiger partial charge in [0, 0.05) is 23.4 Å². The summed E-state index contributed by atoms with van der Waals surface area (Å²) in [6.07, 6.45) is 1.63. The fourth-order valence-corrected chi connectivity index (χ4v) is 2.67. The molecular weight excluding hydrogens is 346 g/mol. The molecule has 7 heteroatoms. The van der Waals surface area contributed by atoms with Crippen LogP contribution in [0.2, 0.25) is 0 Å². The Morgan fingerprint density at radius 3 is 1.96 bits per heavy atom. The van der Waals surface area contributed by atoms with E-state index >= 15 is 0 Å². The summed E-state index contributed by atoms with van der Waals surface area (Å²) >= 11 is 0. The molecule has 27 heavy (non-hydrogen) atoms. The molecule has 1 heterocycles. The van der Waals surface area contributed by atoms with Crippen LogP contribution in [-0.2, 0) is 0 Å². The van der Waals surface area contributed by atoms with Gasteiger partial charge in [0.2, 0.25) is 11.7 Å². The monoisotopic (exact) mass is 367 g/mol. The fraction of sp³-hybridized carbons (Fsp3) is 0.200. The van der Waals surface area contributed by atoms with Crippen LogP contribution in [0.15, 0.2) is 48.7 Å². The third kappa shape index (κ3) is 3.87. The van der Waals surface area contributed by atoms with Crippen molar-refractivity contribution >= 4 is 11.6 Å². The van der Waals surface area contributed by atoms with E-state index in [4.69, 9.17) is 18.9 Å². The Bertz CT molecular complexity index is 891. The summed E-state index contributed by atoms with van der Waals surface area (Å²) in [7, 11) is 6.29. The van der Waals surface area contributed by atoms with Crippen LogP contribution in [0.4, 0.5) is 11.6 Å². The maximum Gasteiger partial charge on any atom is 0.227 e. The van der Waals surface area contributed by atoms with E-state index in [2.05, 4.69) is 15.3 Å². The molecule has 0 radical (unpaired) electrons. The van der Waals surface area contributed by atoms with Gasteiger partial charge in [0.05, 0.1) is 34.6 Å². The Balaban J connectivity index is 1.99. The van der Waals surface area contributed by atoms with E-state index in [9.17, 15) is 0 Å². The SMILES string of the molecule is COc1cnc(Nc2cc(OC)c(OC)c(OC)c2)nc1-c1ccccc1. The molecule has 0 aliphatic heterocycles. The standard InChI is InChI=1S/C20H21N3O4/c1-24-15-10-14(11-16(25-2)19(15)27-4)22-20-21-12-17(26-3)18(23-20)13-8-6-5-7-9-13/h5-12H,1-4H3,(H,21,22,23). The molecule has 0 aliphatic rings. The molecular formula is C20H21N3O4. The van der Waals surface area contributed by atoms with Crippen LogP contribution >= 0.6 is 0 Å². The van der Waals surface area contributed by atoms with Gasteiger partial charge in [0.25, 0.3) is 0 Å². The zero-order valence-corrected chi connectivity index (χ0v) is 15.6. The van der Waals surface area contributed by atoms with Gasteiger partial charge in [-0.05, 0) is 0 Å². The third-order valence-electron chi connectivity index (χ3n) is 3.94. The number of benzene rings is 2. The fourth-order valence-electron chi connectivity index (χ4n) is 2.67. The van der Waals surface area contributed by atoms with E-state index in [-0.39, 0.29) is 0 Å². The average Bonchev–Trinajstić information content (AvgIpc) is 2.73. The molecule has 7 nitrogen and oxygen atoms in total. The minimum absolute atomic E-state index is 0.420. The summed E-state index contributed by atoms with van der Waals surface area (Å²) in [5.74, 6) is 2.61. The van der Waals surface area contributed by atoms with Crippen molar-refractivity contribution in [2.24, 2.45) is 0 Å². The van der Waals surface area contributed by atoms with E-state index in [1.807, 2.05) is 30.3 Å². The van der Waals surface area contributed by atoms with Gasteiger partial charge < -0.3 is 24.3 Å². The molecule has 2 aromatic carbocycles. The van der Waals surface area contributed by atoms with Crippen molar-refractivity contribution in [3.05, 3.63) is 48.7 Å². The molecule has 0 atom stereocenters. The predicted octanol–water partition coefficient (Wildman–Crippen LogP) is 3.92. The first-order valence-corrected chi connectivity index (χ1v) is 8.23. The van der Waals surface area contributed by atoms with Crippen LogP contribution in [0, 0.1) is 0 Å². The number of hydrogen-bond acceptors (Lipinski definition) is 7. The highest BCUT2D eigenvalue weighted by molar-refractivity contribution is 5.69. The highest BCUT2D eigenvalue weighted by Crippen LogP contribution is 2.40. The normalized spacial score (nSPS) is 10.2. The first kappa shape index (κ1) is 18.3. The highest BCUT2D eigenvalue weighted by atomic mass is 16.5. The molecule has 0 unspecified atom stereocenters. The first-order chi connectivity index (χ1) is 13.2. The van der Waals surface area contributed by atoms with E-state index in [1.54, 1.807) is 46.8 Å². The number of ether oxygens (including phenoxy) is 4. The van der Waals surface area contributed by atoms with Crippen LogP contribution in [0.5, 0.6) is 23.0 Å². The number of anilines is 2. The zero-order valence-electron chi connectivity index (χ0n) is 15.6. The van der Waals surface area contributed by atoms with Crippen molar-refractivity contribution < 1.29 is 18.9 Å². The summed E-state index contributed by atoms with van der Waals surface area (Å²) in [5.41, 5.74) is 2.33. The number of nitrogens with zero attached hydrogens (tertiary/aromatic N) is 2. The Kier molecular flexibility index (Phi) is 5.61. The van der Waals surface area contributed by atoms with Gasteiger partial charge in [-0.25, -0.2) is 9.97 Å². The average molecular weight is 367 g/mol. The van der Waals surface area contributed by atoms with E-state index < -0.39 is 0 Å². The first-order valence-electron chi connectivity index (χ1n) is 8.23. The number of nitrogens with one attached hydrogen (secondary N) is 1. The largest absolute Gasteiger partial charge is 0.493 e. The van der Waals surface area contributed by atoms with Gasteiger partial charge >= 0.3 is 0 Å². The maximum absolute atomic E-state index is 5.40. The van der Waals surface area contributed by atoms with Gasteiger partial charge in [0.1, 0.15) is 5.69 Å². The van der Waals surface area contributed by atoms with Gasteiger partial charge in [-0.1, -0.05) is 30.3 Å². The lowest BCUT2D eigenvalue weighted by Gasteiger charge is -2.15. The molecule has 0 spiro atoms. The summed E-state index contributed by atoms with van der Waals surface area (Å²) in [4.78, 5) is 8.93. The van der Waals surface area contributed by atoms with Gasteiger partial charge in [-0.3, -0.25) is 0 Å². The van der Waals surface area contributed by atoms with Crippen molar-refractivity contribution in [3.63, 3.8) is 0 Å². The van der Waals surface area contributed by atoms with Crippen LogP contribution in [0.25, 0.3) is 11.3 Å². The summed E-state index contributed by atoms with van der Waals surface area (Å²) < 4.78 is 21.5. The quantitative estimate of drug-likeness (QED) is 0.678. The maximum atomic E-state index is 5.40. The minimum atomic E-state index is 0.420. The third-order valence-corrected chi connectivity index (χ3v) is 3.94. The van der Waals surface area contributed by atoms with Gasteiger partial charge in [-0.2, -0.15) is 0 Å². The Morgan fingerprint density at radius 2 is 1.41 bits per heavy atom.